The highest BCUT2D eigenvalue weighted by Crippen LogP contribution is 2.20. The molecule has 2 fully saturated rings. The SMILES string of the molecule is O=C([C@@H]1CCCN1)N(CCO)C1CCS(=O)(=O)C1. The molecule has 2 saturated heterocycles. The molecule has 2 atom stereocenters. The summed E-state index contributed by atoms with van der Waals surface area (Å²) < 4.78 is 23.0. The first-order valence-electron chi connectivity index (χ1n) is 6.38. The molecular weight excluding hydrogens is 256 g/mol. The van der Waals surface area contributed by atoms with Crippen LogP contribution in [-0.2, 0) is 14.6 Å². The second-order valence-corrected chi connectivity index (χ2v) is 7.19. The van der Waals surface area contributed by atoms with Crippen molar-refractivity contribution in [3.63, 3.8) is 0 Å². The van der Waals surface area contributed by atoms with Gasteiger partial charge in [0.15, 0.2) is 9.84 Å². The molecule has 0 aromatic carbocycles. The Balaban J connectivity index is 2.05. The molecule has 2 aliphatic rings. The van der Waals surface area contributed by atoms with Crippen molar-refractivity contribution < 1.29 is 18.3 Å². The topological polar surface area (TPSA) is 86.7 Å². The van der Waals surface area contributed by atoms with Crippen LogP contribution in [0.5, 0.6) is 0 Å². The van der Waals surface area contributed by atoms with Crippen LogP contribution in [0.15, 0.2) is 0 Å². The molecule has 7 heteroatoms. The van der Waals surface area contributed by atoms with Gasteiger partial charge in [-0.3, -0.25) is 4.79 Å². The quantitative estimate of drug-likeness (QED) is 0.670. The number of rotatable bonds is 4. The zero-order valence-electron chi connectivity index (χ0n) is 10.3. The molecule has 0 aromatic rings. The fourth-order valence-corrected chi connectivity index (χ4v) is 4.43. The maximum Gasteiger partial charge on any atom is 0.240 e. The molecule has 0 aliphatic carbocycles. The third kappa shape index (κ3) is 3.02. The van der Waals surface area contributed by atoms with Gasteiger partial charge in [0.1, 0.15) is 0 Å². The van der Waals surface area contributed by atoms with Crippen LogP contribution in [0.1, 0.15) is 19.3 Å². The number of sulfone groups is 1. The van der Waals surface area contributed by atoms with Gasteiger partial charge in [-0.2, -0.15) is 0 Å². The molecule has 0 bridgehead atoms. The van der Waals surface area contributed by atoms with E-state index in [2.05, 4.69) is 5.32 Å². The molecule has 1 amide bonds. The largest absolute Gasteiger partial charge is 0.395 e. The van der Waals surface area contributed by atoms with Crippen molar-refractivity contribution in [2.75, 3.05) is 31.2 Å². The third-order valence-electron chi connectivity index (χ3n) is 3.63. The standard InChI is InChI=1S/C11H20N2O4S/c14-6-5-13(9-3-7-18(16,17)8-9)11(15)10-2-1-4-12-10/h9-10,12,14H,1-8H2/t9?,10-/m0/s1. The zero-order chi connectivity index (χ0) is 13.2. The number of hydrogen-bond acceptors (Lipinski definition) is 5. The summed E-state index contributed by atoms with van der Waals surface area (Å²) >= 11 is 0. The van der Waals surface area contributed by atoms with E-state index in [1.807, 2.05) is 0 Å². The maximum atomic E-state index is 12.3. The molecule has 1 unspecified atom stereocenters. The van der Waals surface area contributed by atoms with Gasteiger partial charge in [-0.15, -0.1) is 0 Å². The lowest BCUT2D eigenvalue weighted by Gasteiger charge is -2.30. The predicted octanol–water partition coefficient (Wildman–Crippen LogP) is -1.25. The van der Waals surface area contributed by atoms with Gasteiger partial charge in [0.25, 0.3) is 0 Å². The number of carbonyl (C=O) groups excluding carboxylic acids is 1. The lowest BCUT2D eigenvalue weighted by atomic mass is 10.1. The summed E-state index contributed by atoms with van der Waals surface area (Å²) in [5.74, 6) is 0.111. The Morgan fingerprint density at radius 3 is 2.67 bits per heavy atom. The van der Waals surface area contributed by atoms with Crippen LogP contribution in [0.3, 0.4) is 0 Å². The Kier molecular flexibility index (Phi) is 4.24. The molecule has 6 nitrogen and oxygen atoms in total. The summed E-state index contributed by atoms with van der Waals surface area (Å²) in [6.07, 6.45) is 2.24. The van der Waals surface area contributed by atoms with E-state index >= 15 is 0 Å². The Morgan fingerprint density at radius 1 is 1.39 bits per heavy atom. The molecule has 104 valence electrons. The first kappa shape index (κ1) is 13.8. The summed E-state index contributed by atoms with van der Waals surface area (Å²) in [5.41, 5.74) is 0. The number of amides is 1. The lowest BCUT2D eigenvalue weighted by molar-refractivity contribution is -0.135. The average Bonchev–Trinajstić information content (AvgIpc) is 2.94. The van der Waals surface area contributed by atoms with E-state index < -0.39 is 9.84 Å². The minimum absolute atomic E-state index is 0.0332. The number of nitrogens with one attached hydrogen (secondary N) is 1. The molecule has 0 spiro atoms. The van der Waals surface area contributed by atoms with Gasteiger partial charge in [-0.05, 0) is 25.8 Å². The molecule has 18 heavy (non-hydrogen) atoms. The van der Waals surface area contributed by atoms with Crippen LogP contribution in [0, 0.1) is 0 Å². The zero-order valence-corrected chi connectivity index (χ0v) is 11.2. The molecule has 2 N–H and O–H groups in total. The van der Waals surface area contributed by atoms with Crippen LogP contribution < -0.4 is 5.32 Å². The Morgan fingerprint density at radius 2 is 2.17 bits per heavy atom. The van der Waals surface area contributed by atoms with Crippen LogP contribution in [0.4, 0.5) is 0 Å². The van der Waals surface area contributed by atoms with E-state index in [0.29, 0.717) is 6.42 Å². The summed E-state index contributed by atoms with van der Waals surface area (Å²) in [4.78, 5) is 13.8. The molecule has 2 aliphatic heterocycles. The van der Waals surface area contributed by atoms with E-state index in [1.165, 1.54) is 0 Å². The average molecular weight is 276 g/mol. The van der Waals surface area contributed by atoms with Crippen molar-refractivity contribution >= 4 is 15.7 Å². The van der Waals surface area contributed by atoms with Gasteiger partial charge in [0, 0.05) is 12.6 Å². The Hall–Kier alpha value is -0.660. The third-order valence-corrected chi connectivity index (χ3v) is 5.38. The second-order valence-electron chi connectivity index (χ2n) is 4.96. The minimum Gasteiger partial charge on any atom is -0.395 e. The van der Waals surface area contributed by atoms with Crippen molar-refractivity contribution in [1.29, 1.82) is 0 Å². The van der Waals surface area contributed by atoms with E-state index in [4.69, 9.17) is 5.11 Å². The van der Waals surface area contributed by atoms with Gasteiger partial charge in [-0.1, -0.05) is 0 Å². The minimum atomic E-state index is -3.01. The lowest BCUT2D eigenvalue weighted by Crippen LogP contribution is -2.50. The van der Waals surface area contributed by atoms with Crippen LogP contribution in [0.2, 0.25) is 0 Å². The molecule has 0 radical (unpaired) electrons. The van der Waals surface area contributed by atoms with Gasteiger partial charge < -0.3 is 15.3 Å². The molecule has 2 rings (SSSR count). The second kappa shape index (κ2) is 5.54. The van der Waals surface area contributed by atoms with E-state index in [-0.39, 0.29) is 42.6 Å². The van der Waals surface area contributed by atoms with Crippen LogP contribution in [0.25, 0.3) is 0 Å². The van der Waals surface area contributed by atoms with Crippen molar-refractivity contribution in [3.05, 3.63) is 0 Å². The van der Waals surface area contributed by atoms with Gasteiger partial charge >= 0.3 is 0 Å². The highest BCUT2D eigenvalue weighted by molar-refractivity contribution is 7.91. The predicted molar refractivity (Wildman–Crippen MR) is 66.9 cm³/mol. The number of hydrogen-bond donors (Lipinski definition) is 2. The summed E-state index contributed by atoms with van der Waals surface area (Å²) in [6, 6.07) is -0.475. The van der Waals surface area contributed by atoms with Crippen LogP contribution in [-0.4, -0.2) is 67.6 Å². The van der Waals surface area contributed by atoms with E-state index in [1.54, 1.807) is 4.90 Å². The highest BCUT2D eigenvalue weighted by atomic mass is 32.2. The first-order valence-corrected chi connectivity index (χ1v) is 8.21. The van der Waals surface area contributed by atoms with E-state index in [9.17, 15) is 13.2 Å². The number of aliphatic hydroxyl groups excluding tert-OH is 1. The molecule has 0 aromatic heterocycles. The Bertz CT molecular complexity index is 403. The van der Waals surface area contributed by atoms with Crippen molar-refractivity contribution in [2.45, 2.75) is 31.3 Å². The molecule has 0 saturated carbocycles. The normalized spacial score (nSPS) is 30.5. The van der Waals surface area contributed by atoms with Gasteiger partial charge in [-0.25, -0.2) is 8.42 Å². The van der Waals surface area contributed by atoms with E-state index in [0.717, 1.165) is 19.4 Å². The highest BCUT2D eigenvalue weighted by Gasteiger charge is 2.37. The summed E-state index contributed by atoms with van der Waals surface area (Å²) in [7, 11) is -3.01. The smallest absolute Gasteiger partial charge is 0.240 e. The van der Waals surface area contributed by atoms with Gasteiger partial charge in [0.2, 0.25) is 5.91 Å². The van der Waals surface area contributed by atoms with Crippen molar-refractivity contribution in [1.82, 2.24) is 10.2 Å². The molecule has 2 heterocycles. The monoisotopic (exact) mass is 276 g/mol. The fourth-order valence-electron chi connectivity index (χ4n) is 2.70. The first-order chi connectivity index (χ1) is 8.53. The van der Waals surface area contributed by atoms with Crippen molar-refractivity contribution in [3.8, 4) is 0 Å². The fraction of sp³-hybridized carbons (Fsp3) is 0.909. The number of aliphatic hydroxyl groups is 1. The number of carbonyl (C=O) groups is 1. The number of nitrogens with zero attached hydrogens (tertiary/aromatic N) is 1. The summed E-state index contributed by atoms with van der Waals surface area (Å²) in [6.45, 7) is 0.915. The Labute approximate surface area is 107 Å². The van der Waals surface area contributed by atoms with Crippen LogP contribution >= 0.6 is 0 Å². The summed E-state index contributed by atoms with van der Waals surface area (Å²) in [5, 5.41) is 12.2. The van der Waals surface area contributed by atoms with Crippen molar-refractivity contribution in [2.24, 2.45) is 0 Å². The maximum absolute atomic E-state index is 12.3. The van der Waals surface area contributed by atoms with Gasteiger partial charge in [0.05, 0.1) is 24.2 Å². The molecular formula is C11H20N2O4S.